The molecule has 1 fully saturated rings. The van der Waals surface area contributed by atoms with Gasteiger partial charge in [-0.3, -0.25) is 0 Å². The molecule has 0 amide bonds. The van der Waals surface area contributed by atoms with Crippen molar-refractivity contribution in [1.82, 2.24) is 5.32 Å². The summed E-state index contributed by atoms with van der Waals surface area (Å²) in [6, 6.07) is 11.5. The van der Waals surface area contributed by atoms with Gasteiger partial charge in [-0.25, -0.2) is 0 Å². The molecule has 1 nitrogen and oxygen atoms in total. The van der Waals surface area contributed by atoms with Gasteiger partial charge in [0.2, 0.25) is 0 Å². The third kappa shape index (κ3) is 3.02. The first-order valence-electron chi connectivity index (χ1n) is 9.93. The van der Waals surface area contributed by atoms with Crippen LogP contribution in [0.1, 0.15) is 51.1 Å². The first-order chi connectivity index (χ1) is 12.7. The zero-order chi connectivity index (χ0) is 18.0. The Morgan fingerprint density at radius 3 is 2.81 bits per heavy atom. The van der Waals surface area contributed by atoms with E-state index in [1.807, 2.05) is 0 Å². The third-order valence-corrected chi connectivity index (χ3v) is 9.19. The zero-order valence-electron chi connectivity index (χ0n) is 15.8. The van der Waals surface area contributed by atoms with Gasteiger partial charge in [0.05, 0.1) is 10.8 Å². The lowest BCUT2D eigenvalue weighted by molar-refractivity contribution is 0.274. The summed E-state index contributed by atoms with van der Waals surface area (Å²) in [6.07, 6.45) is 14.4. The second-order valence-corrected chi connectivity index (χ2v) is 9.89. The molecule has 138 valence electrons. The minimum absolute atomic E-state index is 0.0455. The molecule has 0 aromatic heterocycles. The minimum atomic E-state index is 0.0455. The Labute approximate surface area is 166 Å². The number of nitrogens with one attached hydrogen (secondary N) is 1. The van der Waals surface area contributed by atoms with Crippen molar-refractivity contribution in [2.75, 3.05) is 11.5 Å². The number of allylic oxidation sites excluding steroid dienone is 3. The average molecular weight is 384 g/mol. The molecular weight excluding hydrogens is 354 g/mol. The van der Waals surface area contributed by atoms with Crippen LogP contribution in [-0.4, -0.2) is 21.8 Å². The van der Waals surface area contributed by atoms with E-state index in [9.17, 15) is 0 Å². The Morgan fingerprint density at radius 1 is 1.19 bits per heavy atom. The molecule has 1 spiro atoms. The number of unbranched alkanes of at least 4 members (excludes halogenated alkanes) is 1. The van der Waals surface area contributed by atoms with Gasteiger partial charge in [0, 0.05) is 21.9 Å². The zero-order valence-corrected chi connectivity index (χ0v) is 17.5. The van der Waals surface area contributed by atoms with Gasteiger partial charge >= 0.3 is 0 Å². The van der Waals surface area contributed by atoms with Gasteiger partial charge in [0.1, 0.15) is 0 Å². The lowest BCUT2D eigenvalue weighted by atomic mass is 9.80. The Morgan fingerprint density at radius 2 is 2.04 bits per heavy atom. The topological polar surface area (TPSA) is 12.0 Å². The Balaban J connectivity index is 1.82. The predicted octanol–water partition coefficient (Wildman–Crippen LogP) is 6.27. The van der Waals surface area contributed by atoms with Crippen molar-refractivity contribution in [3.8, 4) is 0 Å². The number of hydrogen-bond acceptors (Lipinski definition) is 3. The molecule has 0 radical (unpaired) electrons. The number of rotatable bonds is 5. The van der Waals surface area contributed by atoms with Gasteiger partial charge < -0.3 is 5.32 Å². The maximum Gasteiger partial charge on any atom is 0.0909 e. The quantitative estimate of drug-likeness (QED) is 0.643. The molecule has 1 aliphatic carbocycles. The normalized spacial score (nSPS) is 33.1. The SMILES string of the molecule is CCCC[C@@]1(CC)CSC2=CC=CC3=CCSC32[C@H](c2ccccc2)N1. The summed E-state index contributed by atoms with van der Waals surface area (Å²) in [7, 11) is 0. The van der Waals surface area contributed by atoms with Crippen LogP contribution in [0.25, 0.3) is 0 Å². The highest BCUT2D eigenvalue weighted by Gasteiger charge is 2.53. The fraction of sp³-hybridized carbons (Fsp3) is 0.478. The summed E-state index contributed by atoms with van der Waals surface area (Å²) >= 11 is 4.21. The summed E-state index contributed by atoms with van der Waals surface area (Å²) in [5, 5.41) is 4.23. The van der Waals surface area contributed by atoms with Crippen LogP contribution in [-0.2, 0) is 0 Å². The maximum atomic E-state index is 4.23. The van der Waals surface area contributed by atoms with Gasteiger partial charge in [-0.05, 0) is 24.0 Å². The molecule has 2 aliphatic heterocycles. The fourth-order valence-electron chi connectivity index (χ4n) is 4.48. The maximum absolute atomic E-state index is 4.23. The summed E-state index contributed by atoms with van der Waals surface area (Å²) in [4.78, 5) is 1.54. The van der Waals surface area contributed by atoms with Gasteiger partial charge in [-0.1, -0.05) is 81.3 Å². The smallest absolute Gasteiger partial charge is 0.0909 e. The van der Waals surface area contributed by atoms with Crippen molar-refractivity contribution < 1.29 is 0 Å². The third-order valence-electron chi connectivity index (χ3n) is 6.11. The van der Waals surface area contributed by atoms with Crippen molar-refractivity contribution >= 4 is 23.5 Å². The first kappa shape index (κ1) is 18.5. The Bertz CT molecular complexity index is 736. The fourth-order valence-corrected chi connectivity index (χ4v) is 7.74. The summed E-state index contributed by atoms with van der Waals surface area (Å²) in [5.74, 6) is 2.28. The standard InChI is InChI=1S/C23H29NS2/c1-3-5-15-22(4-2)17-25-20-13-9-12-19-14-16-26-23(19,20)21(24-22)18-10-7-6-8-11-18/h6-14,21,24H,3-5,15-17H2,1-2H3/t21-,22-,23?/m0/s1. The van der Waals surface area contributed by atoms with E-state index >= 15 is 0 Å². The number of thioether (sulfide) groups is 2. The molecule has 0 saturated carbocycles. The van der Waals surface area contributed by atoms with Crippen molar-refractivity contribution in [2.45, 2.75) is 55.9 Å². The van der Waals surface area contributed by atoms with E-state index in [4.69, 9.17) is 0 Å². The van der Waals surface area contributed by atoms with Gasteiger partial charge in [0.15, 0.2) is 0 Å². The lowest BCUT2D eigenvalue weighted by Gasteiger charge is -2.43. The minimum Gasteiger partial charge on any atom is -0.302 e. The van der Waals surface area contributed by atoms with Crippen molar-refractivity contribution in [3.05, 3.63) is 70.7 Å². The van der Waals surface area contributed by atoms with Crippen molar-refractivity contribution in [1.29, 1.82) is 0 Å². The number of benzene rings is 1. The highest BCUT2D eigenvalue weighted by Crippen LogP contribution is 2.59. The molecular formula is C23H29NS2. The van der Waals surface area contributed by atoms with Gasteiger partial charge in [-0.2, -0.15) is 0 Å². The van der Waals surface area contributed by atoms with E-state index in [2.05, 4.69) is 97.3 Å². The highest BCUT2D eigenvalue weighted by molar-refractivity contribution is 8.07. The average Bonchev–Trinajstić information content (AvgIpc) is 3.07. The molecule has 2 heterocycles. The molecule has 1 aromatic rings. The van der Waals surface area contributed by atoms with Crippen LogP contribution < -0.4 is 5.32 Å². The molecule has 26 heavy (non-hydrogen) atoms. The summed E-state index contributed by atoms with van der Waals surface area (Å²) in [6.45, 7) is 4.67. The van der Waals surface area contributed by atoms with Crippen molar-refractivity contribution in [2.24, 2.45) is 0 Å². The Hall–Kier alpha value is -0.900. The molecule has 1 unspecified atom stereocenters. The van der Waals surface area contributed by atoms with E-state index < -0.39 is 0 Å². The van der Waals surface area contributed by atoms with E-state index in [1.54, 1.807) is 4.91 Å². The largest absolute Gasteiger partial charge is 0.302 e. The molecule has 1 aromatic carbocycles. The second-order valence-electron chi connectivity index (χ2n) is 7.61. The first-order valence-corrected chi connectivity index (χ1v) is 11.9. The van der Waals surface area contributed by atoms with Gasteiger partial charge in [0.25, 0.3) is 0 Å². The van der Waals surface area contributed by atoms with E-state index in [-0.39, 0.29) is 10.3 Å². The van der Waals surface area contributed by atoms with Crippen LogP contribution in [0.3, 0.4) is 0 Å². The predicted molar refractivity (Wildman–Crippen MR) is 118 cm³/mol. The Kier molecular flexibility index (Phi) is 5.41. The second kappa shape index (κ2) is 7.61. The molecule has 0 bridgehead atoms. The van der Waals surface area contributed by atoms with E-state index in [0.29, 0.717) is 6.04 Å². The molecule has 1 N–H and O–H groups in total. The number of hydrogen-bond donors (Lipinski definition) is 1. The highest BCUT2D eigenvalue weighted by atomic mass is 32.2. The molecule has 3 heteroatoms. The summed E-state index contributed by atoms with van der Waals surface area (Å²) < 4.78 is 0.0455. The van der Waals surface area contributed by atoms with E-state index in [0.717, 1.165) is 5.75 Å². The monoisotopic (exact) mass is 383 g/mol. The lowest BCUT2D eigenvalue weighted by Crippen LogP contribution is -2.52. The van der Waals surface area contributed by atoms with Gasteiger partial charge in [-0.15, -0.1) is 23.5 Å². The molecule has 1 saturated heterocycles. The molecule has 4 rings (SSSR count). The van der Waals surface area contributed by atoms with Crippen LogP contribution in [0.15, 0.2) is 65.1 Å². The van der Waals surface area contributed by atoms with Crippen LogP contribution >= 0.6 is 23.5 Å². The molecule has 3 aliphatic rings. The molecule has 3 atom stereocenters. The van der Waals surface area contributed by atoms with Crippen molar-refractivity contribution in [3.63, 3.8) is 0 Å². The van der Waals surface area contributed by atoms with E-state index in [1.165, 1.54) is 42.6 Å². The summed E-state index contributed by atoms with van der Waals surface area (Å²) in [5.41, 5.74) is 3.13. The van der Waals surface area contributed by atoms with Crippen LogP contribution in [0.4, 0.5) is 0 Å². The van der Waals surface area contributed by atoms with Crippen LogP contribution in [0, 0.1) is 0 Å². The van der Waals surface area contributed by atoms with Crippen LogP contribution in [0.2, 0.25) is 0 Å². The van der Waals surface area contributed by atoms with Crippen LogP contribution in [0.5, 0.6) is 0 Å².